The second kappa shape index (κ2) is 4.57. The van der Waals surface area contributed by atoms with Crippen molar-refractivity contribution < 1.29 is 10.0 Å². The maximum atomic E-state index is 10.3. The predicted molar refractivity (Wildman–Crippen MR) is 47.0 cm³/mol. The minimum absolute atomic E-state index is 0.0888. The van der Waals surface area contributed by atoms with E-state index in [9.17, 15) is 15.2 Å². The molecule has 0 fully saturated rings. The molecular weight excluding hydrogens is 170 g/mol. The van der Waals surface area contributed by atoms with Gasteiger partial charge in [0.2, 0.25) is 0 Å². The lowest BCUT2D eigenvalue weighted by Crippen LogP contribution is -1.90. The molecule has 0 saturated heterocycles. The van der Waals surface area contributed by atoms with Crippen molar-refractivity contribution in [2.75, 3.05) is 6.61 Å². The van der Waals surface area contributed by atoms with Gasteiger partial charge in [-0.15, -0.1) is 0 Å². The number of nitrogens with zero attached hydrogens (tertiary/aromatic N) is 1. The van der Waals surface area contributed by atoms with Gasteiger partial charge in [0.25, 0.3) is 5.69 Å². The molecule has 0 N–H and O–H groups in total. The second-order valence-electron chi connectivity index (χ2n) is 2.73. The monoisotopic (exact) mass is 180 g/mol. The van der Waals surface area contributed by atoms with Crippen LogP contribution < -0.4 is 0 Å². The van der Waals surface area contributed by atoms with E-state index in [0.717, 1.165) is 5.56 Å². The molecular formula is C9H10NO3. The summed E-state index contributed by atoms with van der Waals surface area (Å²) in [5.74, 6) is 0. The van der Waals surface area contributed by atoms with Crippen molar-refractivity contribution in [2.45, 2.75) is 12.8 Å². The van der Waals surface area contributed by atoms with Gasteiger partial charge in [0, 0.05) is 12.1 Å². The lowest BCUT2D eigenvalue weighted by molar-refractivity contribution is -0.384. The molecule has 1 rings (SSSR count). The Kier molecular flexibility index (Phi) is 3.40. The lowest BCUT2D eigenvalue weighted by atomic mass is 10.1. The first-order valence-electron chi connectivity index (χ1n) is 4.05. The number of nitro groups is 1. The summed E-state index contributed by atoms with van der Waals surface area (Å²) in [5.41, 5.74) is 1.06. The average Bonchev–Trinajstić information content (AvgIpc) is 2.15. The van der Waals surface area contributed by atoms with E-state index in [0.29, 0.717) is 12.8 Å². The van der Waals surface area contributed by atoms with Crippen LogP contribution >= 0.6 is 0 Å². The van der Waals surface area contributed by atoms with E-state index in [1.807, 2.05) is 0 Å². The SMILES string of the molecule is [O]CCCc1ccc([N+](=O)[O-])cc1. The number of hydrogen-bond acceptors (Lipinski definition) is 2. The van der Waals surface area contributed by atoms with E-state index in [4.69, 9.17) is 0 Å². The highest BCUT2D eigenvalue weighted by atomic mass is 16.6. The Hall–Kier alpha value is -1.42. The molecule has 0 aromatic heterocycles. The Labute approximate surface area is 76.0 Å². The quantitative estimate of drug-likeness (QED) is 0.525. The maximum Gasteiger partial charge on any atom is 0.269 e. The van der Waals surface area contributed by atoms with Crippen LogP contribution in [0.25, 0.3) is 0 Å². The van der Waals surface area contributed by atoms with Crippen LogP contribution in [-0.2, 0) is 11.5 Å². The zero-order valence-corrected chi connectivity index (χ0v) is 7.10. The first-order chi connectivity index (χ1) is 6.24. The molecule has 4 heteroatoms. The topological polar surface area (TPSA) is 63.0 Å². The van der Waals surface area contributed by atoms with Crippen LogP contribution in [0.4, 0.5) is 5.69 Å². The number of rotatable bonds is 4. The van der Waals surface area contributed by atoms with Crippen molar-refractivity contribution >= 4 is 5.69 Å². The van der Waals surface area contributed by atoms with Crippen LogP contribution in [0.2, 0.25) is 0 Å². The van der Waals surface area contributed by atoms with Gasteiger partial charge >= 0.3 is 0 Å². The van der Waals surface area contributed by atoms with Crippen LogP contribution in [0.15, 0.2) is 24.3 Å². The number of aryl methyl sites for hydroxylation is 1. The normalized spacial score (nSPS) is 9.92. The van der Waals surface area contributed by atoms with Crippen LogP contribution in [0.1, 0.15) is 12.0 Å². The van der Waals surface area contributed by atoms with Gasteiger partial charge in [0.05, 0.1) is 11.5 Å². The Bertz CT molecular complexity index is 281. The Morgan fingerprint density at radius 2 is 1.85 bits per heavy atom. The van der Waals surface area contributed by atoms with Crippen molar-refractivity contribution in [2.24, 2.45) is 0 Å². The summed E-state index contributed by atoms with van der Waals surface area (Å²) >= 11 is 0. The summed E-state index contributed by atoms with van der Waals surface area (Å²) in [6.07, 6.45) is 1.28. The van der Waals surface area contributed by atoms with Crippen molar-refractivity contribution in [1.82, 2.24) is 0 Å². The fourth-order valence-electron chi connectivity index (χ4n) is 1.06. The maximum absolute atomic E-state index is 10.3. The number of non-ortho nitro benzene ring substituents is 1. The molecule has 0 unspecified atom stereocenters. The van der Waals surface area contributed by atoms with Crippen LogP contribution in [-0.4, -0.2) is 11.5 Å². The van der Waals surface area contributed by atoms with Crippen LogP contribution in [0.3, 0.4) is 0 Å². The molecule has 13 heavy (non-hydrogen) atoms. The van der Waals surface area contributed by atoms with Crippen molar-refractivity contribution in [3.05, 3.63) is 39.9 Å². The molecule has 1 aromatic carbocycles. The molecule has 0 spiro atoms. The number of hydrogen-bond donors (Lipinski definition) is 0. The Balaban J connectivity index is 2.64. The summed E-state index contributed by atoms with van der Waals surface area (Å²) in [6, 6.07) is 6.29. The molecule has 1 radical (unpaired) electrons. The van der Waals surface area contributed by atoms with Crippen molar-refractivity contribution in [3.63, 3.8) is 0 Å². The molecule has 0 aliphatic rings. The lowest BCUT2D eigenvalue weighted by Gasteiger charge is -1.97. The highest BCUT2D eigenvalue weighted by Gasteiger charge is 2.02. The third kappa shape index (κ3) is 2.83. The van der Waals surface area contributed by atoms with Gasteiger partial charge in [0.15, 0.2) is 0 Å². The van der Waals surface area contributed by atoms with Gasteiger partial charge in [-0.2, -0.15) is 0 Å². The number of benzene rings is 1. The van der Waals surface area contributed by atoms with Crippen molar-refractivity contribution in [1.29, 1.82) is 0 Å². The van der Waals surface area contributed by atoms with Gasteiger partial charge in [-0.3, -0.25) is 10.1 Å². The van der Waals surface area contributed by atoms with Gasteiger partial charge in [0.1, 0.15) is 0 Å². The van der Waals surface area contributed by atoms with Gasteiger partial charge in [-0.05, 0) is 18.4 Å². The van der Waals surface area contributed by atoms with Crippen molar-refractivity contribution in [3.8, 4) is 0 Å². The zero-order valence-electron chi connectivity index (χ0n) is 7.10. The van der Waals surface area contributed by atoms with Crippen LogP contribution in [0, 0.1) is 10.1 Å². The smallest absolute Gasteiger partial charge is 0.258 e. The highest BCUT2D eigenvalue weighted by molar-refractivity contribution is 5.32. The third-order valence-corrected chi connectivity index (χ3v) is 1.76. The van der Waals surface area contributed by atoms with E-state index in [2.05, 4.69) is 0 Å². The molecule has 0 atom stereocenters. The summed E-state index contributed by atoms with van der Waals surface area (Å²) in [5, 5.41) is 20.5. The summed E-state index contributed by atoms with van der Waals surface area (Å²) in [4.78, 5) is 9.85. The molecule has 0 bridgehead atoms. The fourth-order valence-corrected chi connectivity index (χ4v) is 1.06. The molecule has 0 amide bonds. The standard InChI is InChI=1S/C9H10NO3/c11-7-1-2-8-3-5-9(6-4-8)10(12)13/h3-6H,1-2,7H2. The predicted octanol–water partition coefficient (Wildman–Crippen LogP) is 1.96. The summed E-state index contributed by atoms with van der Waals surface area (Å²) < 4.78 is 0. The van der Waals surface area contributed by atoms with E-state index in [1.165, 1.54) is 12.1 Å². The average molecular weight is 180 g/mol. The van der Waals surface area contributed by atoms with Gasteiger partial charge in [-0.25, -0.2) is 5.11 Å². The number of nitro benzene ring substituents is 1. The molecule has 4 nitrogen and oxygen atoms in total. The molecule has 0 saturated carbocycles. The third-order valence-electron chi connectivity index (χ3n) is 1.76. The van der Waals surface area contributed by atoms with E-state index in [1.54, 1.807) is 12.1 Å². The Morgan fingerprint density at radius 3 is 2.31 bits per heavy atom. The first-order valence-corrected chi connectivity index (χ1v) is 4.05. The fraction of sp³-hybridized carbons (Fsp3) is 0.333. The minimum Gasteiger partial charge on any atom is -0.258 e. The second-order valence-corrected chi connectivity index (χ2v) is 2.73. The van der Waals surface area contributed by atoms with E-state index in [-0.39, 0.29) is 12.3 Å². The first kappa shape index (κ1) is 9.67. The van der Waals surface area contributed by atoms with Gasteiger partial charge < -0.3 is 0 Å². The molecule has 69 valence electrons. The summed E-state index contributed by atoms with van der Waals surface area (Å²) in [7, 11) is 0. The summed E-state index contributed by atoms with van der Waals surface area (Å²) in [6.45, 7) is -0.100. The molecule has 1 aromatic rings. The van der Waals surface area contributed by atoms with Gasteiger partial charge in [-0.1, -0.05) is 12.1 Å². The zero-order chi connectivity index (χ0) is 9.68. The molecule has 0 heterocycles. The van der Waals surface area contributed by atoms with Crippen LogP contribution in [0.5, 0.6) is 0 Å². The largest absolute Gasteiger partial charge is 0.269 e. The van der Waals surface area contributed by atoms with E-state index < -0.39 is 4.92 Å². The Morgan fingerprint density at radius 1 is 1.23 bits per heavy atom. The molecule has 0 aliphatic heterocycles. The van der Waals surface area contributed by atoms with E-state index >= 15 is 0 Å². The highest BCUT2D eigenvalue weighted by Crippen LogP contribution is 2.12. The minimum atomic E-state index is -0.433. The molecule has 0 aliphatic carbocycles.